The molecule has 1 aliphatic rings. The molecule has 1 saturated heterocycles. The Hall–Kier alpha value is -1.61. The van der Waals surface area contributed by atoms with Gasteiger partial charge in [-0.25, -0.2) is 0 Å². The number of hydrogen-bond acceptors (Lipinski definition) is 5. The first-order chi connectivity index (χ1) is 9.85. The summed E-state index contributed by atoms with van der Waals surface area (Å²) in [5, 5.41) is 17.8. The lowest BCUT2D eigenvalue weighted by Crippen LogP contribution is -2.47. The number of anilines is 1. The lowest BCUT2D eigenvalue weighted by atomic mass is 10.1. The standard InChI is InChI=1S/C15H21N3O2/c16-13-14-3-1-2-4-15(14)18-7-5-17(6-8-18)9-11-20-12-10-19/h1-4,19H,5-12H2. The van der Waals surface area contributed by atoms with E-state index in [0.29, 0.717) is 13.2 Å². The Labute approximate surface area is 120 Å². The van der Waals surface area contributed by atoms with Gasteiger partial charge in [0.1, 0.15) is 6.07 Å². The Kier molecular flexibility index (Phi) is 5.81. The highest BCUT2D eigenvalue weighted by molar-refractivity contribution is 5.59. The zero-order valence-electron chi connectivity index (χ0n) is 11.7. The van der Waals surface area contributed by atoms with Crippen molar-refractivity contribution in [3.63, 3.8) is 0 Å². The van der Waals surface area contributed by atoms with Crippen LogP contribution >= 0.6 is 0 Å². The summed E-state index contributed by atoms with van der Waals surface area (Å²) in [4.78, 5) is 4.62. The zero-order chi connectivity index (χ0) is 14.2. The molecular formula is C15H21N3O2. The van der Waals surface area contributed by atoms with Gasteiger partial charge in [0.2, 0.25) is 0 Å². The summed E-state index contributed by atoms with van der Waals surface area (Å²) < 4.78 is 5.29. The minimum atomic E-state index is 0.0821. The molecule has 1 fully saturated rings. The van der Waals surface area contributed by atoms with Crippen molar-refractivity contribution in [3.05, 3.63) is 29.8 Å². The van der Waals surface area contributed by atoms with Gasteiger partial charge in [-0.3, -0.25) is 4.90 Å². The first-order valence-electron chi connectivity index (χ1n) is 7.00. The smallest absolute Gasteiger partial charge is 0.101 e. The van der Waals surface area contributed by atoms with Crippen LogP contribution in [-0.4, -0.2) is 62.6 Å². The van der Waals surface area contributed by atoms with Gasteiger partial charge in [0.05, 0.1) is 31.1 Å². The number of ether oxygens (including phenoxy) is 1. The van der Waals surface area contributed by atoms with E-state index in [1.165, 1.54) is 0 Å². The highest BCUT2D eigenvalue weighted by atomic mass is 16.5. The van der Waals surface area contributed by atoms with E-state index >= 15 is 0 Å². The monoisotopic (exact) mass is 275 g/mol. The third kappa shape index (κ3) is 3.94. The van der Waals surface area contributed by atoms with E-state index in [0.717, 1.165) is 44.0 Å². The maximum atomic E-state index is 9.14. The SMILES string of the molecule is N#Cc1ccccc1N1CCN(CCOCCO)CC1. The van der Waals surface area contributed by atoms with E-state index in [2.05, 4.69) is 15.9 Å². The molecule has 0 aromatic heterocycles. The summed E-state index contributed by atoms with van der Waals surface area (Å²) in [6.07, 6.45) is 0. The molecule has 0 saturated carbocycles. The van der Waals surface area contributed by atoms with Crippen LogP contribution < -0.4 is 4.90 Å². The number of aliphatic hydroxyl groups is 1. The van der Waals surface area contributed by atoms with E-state index in [-0.39, 0.29) is 6.61 Å². The fourth-order valence-corrected chi connectivity index (χ4v) is 2.42. The number of benzene rings is 1. The van der Waals surface area contributed by atoms with Crippen molar-refractivity contribution >= 4 is 5.69 Å². The van der Waals surface area contributed by atoms with E-state index in [1.807, 2.05) is 24.3 Å². The highest BCUT2D eigenvalue weighted by Crippen LogP contribution is 2.20. The molecule has 0 atom stereocenters. The molecule has 20 heavy (non-hydrogen) atoms. The van der Waals surface area contributed by atoms with Crippen molar-refractivity contribution in [2.75, 3.05) is 57.4 Å². The van der Waals surface area contributed by atoms with Crippen molar-refractivity contribution in [2.45, 2.75) is 0 Å². The van der Waals surface area contributed by atoms with Gasteiger partial charge in [0.15, 0.2) is 0 Å². The lowest BCUT2D eigenvalue weighted by molar-refractivity contribution is 0.0724. The second-order valence-corrected chi connectivity index (χ2v) is 4.79. The highest BCUT2D eigenvalue weighted by Gasteiger charge is 2.18. The molecule has 0 spiro atoms. The zero-order valence-corrected chi connectivity index (χ0v) is 11.7. The van der Waals surface area contributed by atoms with Gasteiger partial charge in [0, 0.05) is 32.7 Å². The summed E-state index contributed by atoms with van der Waals surface area (Å²) in [5.74, 6) is 0. The molecule has 1 aromatic rings. The molecule has 0 aliphatic carbocycles. The minimum Gasteiger partial charge on any atom is -0.394 e. The van der Waals surface area contributed by atoms with Gasteiger partial charge in [0.25, 0.3) is 0 Å². The fourth-order valence-electron chi connectivity index (χ4n) is 2.42. The van der Waals surface area contributed by atoms with Gasteiger partial charge < -0.3 is 14.7 Å². The van der Waals surface area contributed by atoms with Crippen molar-refractivity contribution < 1.29 is 9.84 Å². The van der Waals surface area contributed by atoms with Crippen LogP contribution in [0.3, 0.4) is 0 Å². The Morgan fingerprint density at radius 1 is 1.15 bits per heavy atom. The largest absolute Gasteiger partial charge is 0.394 e. The Morgan fingerprint density at radius 2 is 1.90 bits per heavy atom. The molecule has 0 unspecified atom stereocenters. The van der Waals surface area contributed by atoms with E-state index in [1.54, 1.807) is 0 Å². The summed E-state index contributed by atoms with van der Waals surface area (Å²) >= 11 is 0. The molecule has 108 valence electrons. The van der Waals surface area contributed by atoms with Gasteiger partial charge in [-0.1, -0.05) is 12.1 Å². The van der Waals surface area contributed by atoms with Gasteiger partial charge >= 0.3 is 0 Å². The number of piperazine rings is 1. The van der Waals surface area contributed by atoms with Crippen LogP contribution in [-0.2, 0) is 4.74 Å². The third-order valence-corrected chi connectivity index (χ3v) is 3.52. The summed E-state index contributed by atoms with van der Waals surface area (Å²) in [6, 6.07) is 10.0. The van der Waals surface area contributed by atoms with Crippen molar-refractivity contribution in [2.24, 2.45) is 0 Å². The molecule has 2 rings (SSSR count). The summed E-state index contributed by atoms with van der Waals surface area (Å²) in [6.45, 7) is 5.86. The van der Waals surface area contributed by atoms with E-state index in [9.17, 15) is 0 Å². The quantitative estimate of drug-likeness (QED) is 0.774. The van der Waals surface area contributed by atoms with E-state index in [4.69, 9.17) is 15.1 Å². The predicted octanol–water partition coefficient (Wildman–Crippen LogP) is 0.689. The average Bonchev–Trinajstić information content (AvgIpc) is 2.52. The second kappa shape index (κ2) is 7.85. The Morgan fingerprint density at radius 3 is 2.60 bits per heavy atom. The molecule has 1 aromatic carbocycles. The van der Waals surface area contributed by atoms with Crippen LogP contribution in [0.4, 0.5) is 5.69 Å². The Bertz CT molecular complexity index is 451. The van der Waals surface area contributed by atoms with Crippen LogP contribution in [0.15, 0.2) is 24.3 Å². The van der Waals surface area contributed by atoms with Gasteiger partial charge in [-0.2, -0.15) is 5.26 Å². The number of hydrogen-bond donors (Lipinski definition) is 1. The molecule has 0 amide bonds. The van der Waals surface area contributed by atoms with Crippen molar-refractivity contribution in [1.29, 1.82) is 5.26 Å². The third-order valence-electron chi connectivity index (χ3n) is 3.52. The summed E-state index contributed by atoms with van der Waals surface area (Å²) in [5.41, 5.74) is 1.78. The second-order valence-electron chi connectivity index (χ2n) is 4.79. The van der Waals surface area contributed by atoms with Crippen LogP contribution in [0.1, 0.15) is 5.56 Å². The molecular weight excluding hydrogens is 254 g/mol. The Balaban J connectivity index is 1.81. The van der Waals surface area contributed by atoms with Crippen LogP contribution in [0.5, 0.6) is 0 Å². The average molecular weight is 275 g/mol. The number of aliphatic hydroxyl groups excluding tert-OH is 1. The van der Waals surface area contributed by atoms with Crippen LogP contribution in [0.25, 0.3) is 0 Å². The summed E-state index contributed by atoms with van der Waals surface area (Å²) in [7, 11) is 0. The van der Waals surface area contributed by atoms with Gasteiger partial charge in [-0.15, -0.1) is 0 Å². The van der Waals surface area contributed by atoms with Crippen LogP contribution in [0, 0.1) is 11.3 Å². The first kappa shape index (κ1) is 14.8. The van der Waals surface area contributed by atoms with Crippen molar-refractivity contribution in [1.82, 2.24) is 4.90 Å². The normalized spacial score (nSPS) is 16.1. The molecule has 5 heteroatoms. The van der Waals surface area contributed by atoms with Crippen molar-refractivity contribution in [3.8, 4) is 6.07 Å². The molecule has 1 aliphatic heterocycles. The predicted molar refractivity (Wildman–Crippen MR) is 77.7 cm³/mol. The number of nitriles is 1. The maximum absolute atomic E-state index is 9.14. The molecule has 1 N–H and O–H groups in total. The van der Waals surface area contributed by atoms with E-state index < -0.39 is 0 Å². The van der Waals surface area contributed by atoms with Gasteiger partial charge in [-0.05, 0) is 12.1 Å². The number of nitrogens with zero attached hydrogens (tertiary/aromatic N) is 3. The van der Waals surface area contributed by atoms with Crippen LogP contribution in [0.2, 0.25) is 0 Å². The first-order valence-corrected chi connectivity index (χ1v) is 7.00. The molecule has 0 bridgehead atoms. The maximum Gasteiger partial charge on any atom is 0.101 e. The number of rotatable bonds is 6. The lowest BCUT2D eigenvalue weighted by Gasteiger charge is -2.36. The number of para-hydroxylation sites is 1. The molecule has 1 heterocycles. The minimum absolute atomic E-state index is 0.0821. The molecule has 0 radical (unpaired) electrons. The topological polar surface area (TPSA) is 59.7 Å². The molecule has 5 nitrogen and oxygen atoms in total. The fraction of sp³-hybridized carbons (Fsp3) is 0.533.